The first-order chi connectivity index (χ1) is 7.86. The minimum absolute atomic E-state index is 0.0250. The molecular weight excluding hydrogens is 250 g/mol. The zero-order valence-corrected chi connectivity index (χ0v) is 10.1. The molecule has 0 spiro atoms. The highest BCUT2D eigenvalue weighted by molar-refractivity contribution is 7.83. The van der Waals surface area contributed by atoms with Crippen molar-refractivity contribution in [2.75, 3.05) is 20.3 Å². The van der Waals surface area contributed by atoms with Crippen LogP contribution < -0.4 is 14.6 Å². The third kappa shape index (κ3) is 10.9. The van der Waals surface area contributed by atoms with Gasteiger partial charge >= 0.3 is 10.3 Å². The molecule has 0 saturated heterocycles. The van der Waals surface area contributed by atoms with E-state index in [0.717, 1.165) is 5.75 Å². The minimum atomic E-state index is -4.17. The van der Waals surface area contributed by atoms with Gasteiger partial charge in [-0.05, 0) is 12.1 Å². The number of nitrogens with two attached hydrogens (primary N) is 1. The Labute approximate surface area is 99.7 Å². The van der Waals surface area contributed by atoms with Gasteiger partial charge < -0.3 is 14.6 Å². The van der Waals surface area contributed by atoms with Gasteiger partial charge in [0, 0.05) is 6.07 Å². The van der Waals surface area contributed by atoms with Gasteiger partial charge in [-0.15, -0.1) is 0 Å². The molecule has 0 aliphatic carbocycles. The van der Waals surface area contributed by atoms with Crippen LogP contribution in [0.5, 0.6) is 11.5 Å². The highest BCUT2D eigenvalue weighted by Gasteiger charge is 1.94. The minimum Gasteiger partial charge on any atom is -0.497 e. The molecule has 1 rings (SSSR count). The highest BCUT2D eigenvalue weighted by atomic mass is 32.2. The van der Waals surface area contributed by atoms with Gasteiger partial charge in [0.05, 0.1) is 13.7 Å². The molecule has 0 radical (unpaired) electrons. The maximum atomic E-state index is 8.97. The number of ether oxygens (including phenoxy) is 2. The Balaban J connectivity index is 0.000000437. The van der Waals surface area contributed by atoms with Gasteiger partial charge in [0.2, 0.25) is 0 Å². The molecule has 0 aliphatic heterocycles. The Morgan fingerprint density at radius 3 is 2.35 bits per heavy atom. The molecule has 0 aromatic heterocycles. The number of rotatable bonds is 4. The molecule has 0 aliphatic rings. The Kier molecular flexibility index (Phi) is 7.22. The third-order valence-corrected chi connectivity index (χ3v) is 1.40. The molecule has 0 bridgehead atoms. The van der Waals surface area contributed by atoms with Gasteiger partial charge in [0.1, 0.15) is 18.1 Å². The zero-order valence-electron chi connectivity index (χ0n) is 9.24. The lowest BCUT2D eigenvalue weighted by Crippen LogP contribution is -2.08. The van der Waals surface area contributed by atoms with Crippen molar-refractivity contribution in [1.82, 2.24) is 0 Å². The van der Waals surface area contributed by atoms with Crippen molar-refractivity contribution in [3.8, 4) is 11.5 Å². The van der Waals surface area contributed by atoms with Crippen molar-refractivity contribution in [2.24, 2.45) is 5.14 Å². The van der Waals surface area contributed by atoms with Gasteiger partial charge in [-0.1, -0.05) is 6.07 Å². The molecule has 0 fully saturated rings. The second-order valence-electron chi connectivity index (χ2n) is 2.77. The number of hydrogen-bond donors (Lipinski definition) is 3. The monoisotopic (exact) mass is 265 g/mol. The standard InChI is InChI=1S/C9H12O3.H3NO3S/c1-11-8-3-2-4-9(7-8)12-6-5-10;1-5(2,3)4/h2-4,7,10H,5-6H2,1H3;(H3,1,2,3,4). The van der Waals surface area contributed by atoms with Gasteiger partial charge in [0.25, 0.3) is 0 Å². The van der Waals surface area contributed by atoms with Crippen LogP contribution >= 0.6 is 0 Å². The van der Waals surface area contributed by atoms with E-state index in [1.54, 1.807) is 13.2 Å². The summed E-state index contributed by atoms with van der Waals surface area (Å²) in [6.45, 7) is 0.338. The lowest BCUT2D eigenvalue weighted by atomic mass is 10.3. The van der Waals surface area contributed by atoms with Gasteiger partial charge in [-0.2, -0.15) is 8.42 Å². The predicted octanol–water partition coefficient (Wildman–Crippen LogP) is -0.186. The lowest BCUT2D eigenvalue weighted by Gasteiger charge is -2.05. The van der Waals surface area contributed by atoms with Crippen molar-refractivity contribution < 1.29 is 27.6 Å². The number of aliphatic hydroxyl groups is 1. The quantitative estimate of drug-likeness (QED) is 0.649. The van der Waals surface area contributed by atoms with E-state index in [0.29, 0.717) is 12.4 Å². The van der Waals surface area contributed by atoms with Crippen LogP contribution in [0.25, 0.3) is 0 Å². The summed E-state index contributed by atoms with van der Waals surface area (Å²) in [7, 11) is -2.56. The smallest absolute Gasteiger partial charge is 0.330 e. The summed E-state index contributed by atoms with van der Waals surface area (Å²) in [6, 6.07) is 7.27. The Hall–Kier alpha value is -1.35. The molecule has 0 amide bonds. The Morgan fingerprint density at radius 2 is 1.88 bits per heavy atom. The van der Waals surface area contributed by atoms with Gasteiger partial charge in [-0.25, -0.2) is 5.14 Å². The molecule has 1 aromatic carbocycles. The van der Waals surface area contributed by atoms with Crippen LogP contribution in [0.3, 0.4) is 0 Å². The van der Waals surface area contributed by atoms with E-state index >= 15 is 0 Å². The molecule has 4 N–H and O–H groups in total. The summed E-state index contributed by atoms with van der Waals surface area (Å²) in [4.78, 5) is 0. The average Bonchev–Trinajstić information content (AvgIpc) is 2.24. The van der Waals surface area contributed by atoms with Crippen molar-refractivity contribution in [2.45, 2.75) is 0 Å². The van der Waals surface area contributed by atoms with Gasteiger partial charge in [-0.3, -0.25) is 4.55 Å². The molecule has 1 aromatic rings. The molecule has 0 heterocycles. The maximum absolute atomic E-state index is 8.97. The Morgan fingerprint density at radius 1 is 1.35 bits per heavy atom. The number of methoxy groups -OCH3 is 1. The predicted molar refractivity (Wildman–Crippen MR) is 61.3 cm³/mol. The lowest BCUT2D eigenvalue weighted by molar-refractivity contribution is 0.201. The molecule has 8 heteroatoms. The first-order valence-electron chi connectivity index (χ1n) is 4.49. The zero-order chi connectivity index (χ0) is 13.3. The fraction of sp³-hybridized carbons (Fsp3) is 0.333. The first-order valence-corrected chi connectivity index (χ1v) is 6.00. The topological polar surface area (TPSA) is 119 Å². The van der Waals surface area contributed by atoms with E-state index < -0.39 is 10.3 Å². The van der Waals surface area contributed by atoms with Crippen LogP contribution in [-0.2, 0) is 10.3 Å². The largest absolute Gasteiger partial charge is 0.497 e. The number of aliphatic hydroxyl groups excluding tert-OH is 1. The van der Waals surface area contributed by atoms with E-state index in [1.165, 1.54) is 0 Å². The average molecular weight is 265 g/mol. The van der Waals surface area contributed by atoms with Gasteiger partial charge in [0.15, 0.2) is 0 Å². The summed E-state index contributed by atoms with van der Waals surface area (Å²) in [5.41, 5.74) is 0. The maximum Gasteiger partial charge on any atom is 0.330 e. The third-order valence-electron chi connectivity index (χ3n) is 1.40. The van der Waals surface area contributed by atoms with Crippen LogP contribution in [0.15, 0.2) is 24.3 Å². The van der Waals surface area contributed by atoms with E-state index in [2.05, 4.69) is 5.14 Å². The highest BCUT2D eigenvalue weighted by Crippen LogP contribution is 2.18. The number of hydrogen-bond acceptors (Lipinski definition) is 5. The van der Waals surface area contributed by atoms with Crippen molar-refractivity contribution >= 4 is 10.3 Å². The molecule has 0 atom stereocenters. The van der Waals surface area contributed by atoms with E-state index in [4.69, 9.17) is 27.6 Å². The summed E-state index contributed by atoms with van der Waals surface area (Å²) in [5, 5.41) is 12.4. The second-order valence-corrected chi connectivity index (χ2v) is 3.80. The summed E-state index contributed by atoms with van der Waals surface area (Å²) >= 11 is 0. The van der Waals surface area contributed by atoms with E-state index in [1.807, 2.05) is 18.2 Å². The van der Waals surface area contributed by atoms with Crippen LogP contribution in [-0.4, -0.2) is 38.4 Å². The van der Waals surface area contributed by atoms with Crippen molar-refractivity contribution in [3.63, 3.8) is 0 Å². The fourth-order valence-electron chi connectivity index (χ4n) is 0.854. The van der Waals surface area contributed by atoms with Crippen molar-refractivity contribution in [3.05, 3.63) is 24.3 Å². The molecule has 7 nitrogen and oxygen atoms in total. The summed E-state index contributed by atoms with van der Waals surface area (Å²) < 4.78 is 35.4. The molecule has 0 saturated carbocycles. The molecule has 98 valence electrons. The van der Waals surface area contributed by atoms with E-state index in [-0.39, 0.29) is 6.61 Å². The SMILES string of the molecule is COc1cccc(OCCO)c1.NS(=O)(=O)O. The first kappa shape index (κ1) is 15.7. The van der Waals surface area contributed by atoms with Crippen LogP contribution in [0.1, 0.15) is 0 Å². The van der Waals surface area contributed by atoms with Crippen LogP contribution in [0.2, 0.25) is 0 Å². The number of benzene rings is 1. The van der Waals surface area contributed by atoms with Crippen LogP contribution in [0.4, 0.5) is 0 Å². The van der Waals surface area contributed by atoms with E-state index in [9.17, 15) is 0 Å². The fourth-order valence-corrected chi connectivity index (χ4v) is 0.854. The molecule has 0 unspecified atom stereocenters. The molecule has 17 heavy (non-hydrogen) atoms. The van der Waals surface area contributed by atoms with Crippen molar-refractivity contribution in [1.29, 1.82) is 0 Å². The van der Waals surface area contributed by atoms with Crippen LogP contribution in [0, 0.1) is 0 Å². The Bertz CT molecular complexity index is 411. The summed E-state index contributed by atoms with van der Waals surface area (Å²) in [5.74, 6) is 1.47. The normalized spacial score (nSPS) is 10.1. The molecular formula is C9H15NO6S. The summed E-state index contributed by atoms with van der Waals surface area (Å²) in [6.07, 6.45) is 0. The second kappa shape index (κ2) is 7.85.